The smallest absolute Gasteiger partial charge is 0.191 e. The molecule has 0 amide bonds. The average molecular weight is 226 g/mol. The lowest BCUT2D eigenvalue weighted by Crippen LogP contribution is -2.49. The molecule has 5 heteroatoms. The molecule has 2 heterocycles. The predicted molar refractivity (Wildman–Crippen MR) is 64.8 cm³/mol. The zero-order chi connectivity index (χ0) is 11.4. The van der Waals surface area contributed by atoms with E-state index in [4.69, 9.17) is 4.74 Å². The van der Waals surface area contributed by atoms with Crippen LogP contribution in [-0.4, -0.2) is 62.3 Å². The van der Waals surface area contributed by atoms with Crippen molar-refractivity contribution in [3.05, 3.63) is 0 Å². The molecule has 16 heavy (non-hydrogen) atoms. The molecule has 2 atom stereocenters. The summed E-state index contributed by atoms with van der Waals surface area (Å²) in [7, 11) is 0. The van der Waals surface area contributed by atoms with Gasteiger partial charge in [-0.3, -0.25) is 9.89 Å². The van der Waals surface area contributed by atoms with E-state index in [-0.39, 0.29) is 0 Å². The van der Waals surface area contributed by atoms with Crippen LogP contribution in [0.5, 0.6) is 0 Å². The van der Waals surface area contributed by atoms with E-state index in [0.717, 1.165) is 45.4 Å². The SMILES string of the molecule is CC1CN=C(NCC(C)N2CCOCC2)N1. The summed E-state index contributed by atoms with van der Waals surface area (Å²) in [5.74, 6) is 0.951. The van der Waals surface area contributed by atoms with Gasteiger partial charge >= 0.3 is 0 Å². The van der Waals surface area contributed by atoms with E-state index in [1.54, 1.807) is 0 Å². The molecule has 0 aliphatic carbocycles. The topological polar surface area (TPSA) is 48.9 Å². The Morgan fingerprint density at radius 2 is 2.31 bits per heavy atom. The van der Waals surface area contributed by atoms with Crippen molar-refractivity contribution in [1.82, 2.24) is 15.5 Å². The Bertz CT molecular complexity index is 250. The van der Waals surface area contributed by atoms with Gasteiger partial charge in [0, 0.05) is 31.7 Å². The Labute approximate surface area is 97.2 Å². The van der Waals surface area contributed by atoms with Gasteiger partial charge in [-0.25, -0.2) is 0 Å². The Kier molecular flexibility index (Phi) is 4.01. The molecule has 2 N–H and O–H groups in total. The lowest BCUT2D eigenvalue weighted by Gasteiger charge is -2.32. The van der Waals surface area contributed by atoms with Gasteiger partial charge in [0.2, 0.25) is 0 Å². The van der Waals surface area contributed by atoms with Crippen molar-refractivity contribution in [3.63, 3.8) is 0 Å². The van der Waals surface area contributed by atoms with Crippen molar-refractivity contribution in [3.8, 4) is 0 Å². The number of guanidine groups is 1. The minimum atomic E-state index is 0.473. The van der Waals surface area contributed by atoms with Crippen LogP contribution in [0.4, 0.5) is 0 Å². The normalized spacial score (nSPS) is 28.4. The van der Waals surface area contributed by atoms with Crippen molar-refractivity contribution in [2.45, 2.75) is 25.9 Å². The van der Waals surface area contributed by atoms with Crippen LogP contribution < -0.4 is 10.6 Å². The summed E-state index contributed by atoms with van der Waals surface area (Å²) < 4.78 is 5.34. The summed E-state index contributed by atoms with van der Waals surface area (Å²) in [6, 6.07) is 1.01. The lowest BCUT2D eigenvalue weighted by atomic mass is 10.2. The van der Waals surface area contributed by atoms with Crippen molar-refractivity contribution in [2.75, 3.05) is 39.4 Å². The second-order valence-corrected chi connectivity index (χ2v) is 4.61. The van der Waals surface area contributed by atoms with Crippen LogP contribution >= 0.6 is 0 Å². The molecule has 0 aromatic carbocycles. The third kappa shape index (κ3) is 3.09. The first kappa shape index (κ1) is 11.7. The van der Waals surface area contributed by atoms with Crippen molar-refractivity contribution < 1.29 is 4.74 Å². The Balaban J connectivity index is 1.68. The molecule has 2 rings (SSSR count). The molecular formula is C11H22N4O. The molecule has 1 fully saturated rings. The first-order valence-electron chi connectivity index (χ1n) is 6.12. The predicted octanol–water partition coefficient (Wildman–Crippen LogP) is -0.356. The summed E-state index contributed by atoms with van der Waals surface area (Å²) in [5.41, 5.74) is 0. The van der Waals surface area contributed by atoms with Gasteiger partial charge in [0.1, 0.15) is 0 Å². The highest BCUT2D eigenvalue weighted by Crippen LogP contribution is 2.02. The fraction of sp³-hybridized carbons (Fsp3) is 0.909. The Morgan fingerprint density at radius 1 is 1.56 bits per heavy atom. The highest BCUT2D eigenvalue weighted by molar-refractivity contribution is 5.81. The molecule has 0 bridgehead atoms. The summed E-state index contributed by atoms with van der Waals surface area (Å²) >= 11 is 0. The molecule has 1 saturated heterocycles. The Morgan fingerprint density at radius 3 is 2.94 bits per heavy atom. The number of rotatable bonds is 3. The standard InChI is InChI=1S/C11H22N4O/c1-9-7-12-11(14-9)13-8-10(2)15-3-5-16-6-4-15/h9-10H,3-8H2,1-2H3,(H2,12,13,14). The maximum Gasteiger partial charge on any atom is 0.191 e. The zero-order valence-electron chi connectivity index (χ0n) is 10.2. The average Bonchev–Trinajstić information content (AvgIpc) is 2.73. The van der Waals surface area contributed by atoms with Crippen molar-refractivity contribution >= 4 is 5.96 Å². The molecule has 0 aromatic rings. The van der Waals surface area contributed by atoms with Crippen LogP contribution in [0.1, 0.15) is 13.8 Å². The van der Waals surface area contributed by atoms with Gasteiger partial charge in [-0.1, -0.05) is 0 Å². The quantitative estimate of drug-likeness (QED) is 0.690. The first-order chi connectivity index (χ1) is 7.75. The van der Waals surface area contributed by atoms with E-state index in [1.165, 1.54) is 0 Å². The largest absolute Gasteiger partial charge is 0.379 e. The van der Waals surface area contributed by atoms with Crippen LogP contribution in [0.3, 0.4) is 0 Å². The summed E-state index contributed by atoms with van der Waals surface area (Å²) in [5, 5.41) is 6.67. The van der Waals surface area contributed by atoms with Gasteiger partial charge in [-0.15, -0.1) is 0 Å². The van der Waals surface area contributed by atoms with Crippen LogP contribution in [0, 0.1) is 0 Å². The number of hydrogen-bond donors (Lipinski definition) is 2. The number of nitrogens with zero attached hydrogens (tertiary/aromatic N) is 2. The fourth-order valence-corrected chi connectivity index (χ4v) is 2.05. The van der Waals surface area contributed by atoms with Gasteiger partial charge in [0.05, 0.1) is 19.8 Å². The van der Waals surface area contributed by atoms with Gasteiger partial charge in [-0.2, -0.15) is 0 Å². The summed E-state index contributed by atoms with van der Waals surface area (Å²) in [4.78, 5) is 6.84. The van der Waals surface area contributed by atoms with E-state index in [9.17, 15) is 0 Å². The first-order valence-corrected chi connectivity index (χ1v) is 6.12. The van der Waals surface area contributed by atoms with Crippen LogP contribution in [0.25, 0.3) is 0 Å². The highest BCUT2D eigenvalue weighted by Gasteiger charge is 2.18. The second kappa shape index (κ2) is 5.50. The van der Waals surface area contributed by atoms with Gasteiger partial charge < -0.3 is 15.4 Å². The zero-order valence-corrected chi connectivity index (χ0v) is 10.2. The molecule has 2 aliphatic heterocycles. The molecule has 2 unspecified atom stereocenters. The third-order valence-electron chi connectivity index (χ3n) is 3.14. The third-order valence-corrected chi connectivity index (χ3v) is 3.14. The lowest BCUT2D eigenvalue weighted by molar-refractivity contribution is 0.0212. The molecule has 0 aromatic heterocycles. The summed E-state index contributed by atoms with van der Waals surface area (Å²) in [6.45, 7) is 10.0. The molecule has 0 spiro atoms. The van der Waals surface area contributed by atoms with Crippen molar-refractivity contribution in [2.24, 2.45) is 4.99 Å². The molecule has 0 radical (unpaired) electrons. The number of hydrogen-bond acceptors (Lipinski definition) is 5. The monoisotopic (exact) mass is 226 g/mol. The number of morpholine rings is 1. The highest BCUT2D eigenvalue weighted by atomic mass is 16.5. The van der Waals surface area contributed by atoms with Gasteiger partial charge in [0.25, 0.3) is 0 Å². The van der Waals surface area contributed by atoms with E-state index in [2.05, 4.69) is 34.4 Å². The number of nitrogens with one attached hydrogen (secondary N) is 2. The number of ether oxygens (including phenoxy) is 1. The molecule has 92 valence electrons. The molecule has 0 saturated carbocycles. The van der Waals surface area contributed by atoms with E-state index in [0.29, 0.717) is 12.1 Å². The Hall–Kier alpha value is -0.810. The van der Waals surface area contributed by atoms with Gasteiger partial charge in [-0.05, 0) is 13.8 Å². The molecule has 5 nitrogen and oxygen atoms in total. The van der Waals surface area contributed by atoms with Crippen LogP contribution in [0.15, 0.2) is 4.99 Å². The van der Waals surface area contributed by atoms with E-state index in [1.807, 2.05) is 0 Å². The molecular weight excluding hydrogens is 204 g/mol. The molecule has 2 aliphatic rings. The fourth-order valence-electron chi connectivity index (χ4n) is 2.05. The van der Waals surface area contributed by atoms with Crippen LogP contribution in [0.2, 0.25) is 0 Å². The number of aliphatic imine (C=N–C) groups is 1. The minimum absolute atomic E-state index is 0.473. The minimum Gasteiger partial charge on any atom is -0.379 e. The van der Waals surface area contributed by atoms with E-state index >= 15 is 0 Å². The van der Waals surface area contributed by atoms with E-state index < -0.39 is 0 Å². The van der Waals surface area contributed by atoms with Gasteiger partial charge in [0.15, 0.2) is 5.96 Å². The van der Waals surface area contributed by atoms with Crippen LogP contribution in [-0.2, 0) is 4.74 Å². The second-order valence-electron chi connectivity index (χ2n) is 4.61. The van der Waals surface area contributed by atoms with Crippen molar-refractivity contribution in [1.29, 1.82) is 0 Å². The maximum atomic E-state index is 5.34. The summed E-state index contributed by atoms with van der Waals surface area (Å²) in [6.07, 6.45) is 0. The maximum absolute atomic E-state index is 5.34.